The minimum atomic E-state index is -1.75. The van der Waals surface area contributed by atoms with Crippen molar-refractivity contribution >= 4 is 95.4 Å². The van der Waals surface area contributed by atoms with E-state index in [0.29, 0.717) is 18.4 Å². The first-order valence-corrected chi connectivity index (χ1v) is 22.5. The average molecular weight is 966 g/mol. The van der Waals surface area contributed by atoms with Crippen LogP contribution in [0.5, 0.6) is 0 Å². The lowest BCUT2D eigenvalue weighted by molar-refractivity contribution is -0.141. The second-order valence-corrected chi connectivity index (χ2v) is 16.2. The fraction of sp³-hybridized carbons (Fsp3) is 0.538. The molecule has 27 heteroatoms. The van der Waals surface area contributed by atoms with Gasteiger partial charge in [-0.1, -0.05) is 30.3 Å². The zero-order chi connectivity index (χ0) is 49.2. The van der Waals surface area contributed by atoms with Crippen LogP contribution >= 0.6 is 24.4 Å². The molecule has 0 bridgehead atoms. The molecule has 66 heavy (non-hydrogen) atoms. The molecule has 1 heterocycles. The Labute approximate surface area is 389 Å². The van der Waals surface area contributed by atoms with Crippen LogP contribution < -0.4 is 65.1 Å². The Balaban J connectivity index is 2.49. The summed E-state index contributed by atoms with van der Waals surface area (Å²) in [5.41, 5.74) is 17.0. The molecule has 1 saturated heterocycles. The maximum atomic E-state index is 13.7. The predicted octanol–water partition coefficient (Wildman–Crippen LogP) is -5.63. The molecule has 0 spiro atoms. The van der Waals surface area contributed by atoms with Crippen LogP contribution in [0.25, 0.3) is 0 Å². The first kappa shape index (κ1) is 55.5. The molecule has 0 aliphatic carbocycles. The fourth-order valence-corrected chi connectivity index (χ4v) is 7.13. The minimum Gasteiger partial charge on any atom is -0.481 e. The van der Waals surface area contributed by atoms with E-state index < -0.39 is 115 Å². The molecule has 0 radical (unpaired) electrons. The van der Waals surface area contributed by atoms with Gasteiger partial charge < -0.3 is 70.2 Å². The van der Waals surface area contributed by atoms with Crippen molar-refractivity contribution in [3.05, 3.63) is 35.9 Å². The van der Waals surface area contributed by atoms with Gasteiger partial charge in [0.25, 0.3) is 0 Å². The van der Waals surface area contributed by atoms with Gasteiger partial charge in [0.2, 0.25) is 59.1 Å². The summed E-state index contributed by atoms with van der Waals surface area (Å²) in [5.74, 6) is -11.1. The summed E-state index contributed by atoms with van der Waals surface area (Å²) in [7, 11) is 0. The van der Waals surface area contributed by atoms with E-state index in [1.807, 2.05) is 0 Å². The summed E-state index contributed by atoms with van der Waals surface area (Å²) in [6, 6.07) is -0.0354. The van der Waals surface area contributed by atoms with Gasteiger partial charge in [0.05, 0.1) is 25.3 Å². The number of nitrogens with one attached hydrogen (secondary N) is 9. The molecule has 0 unspecified atom stereocenters. The van der Waals surface area contributed by atoms with E-state index >= 15 is 0 Å². The number of aliphatic carboxylic acids is 1. The highest BCUT2D eigenvalue weighted by molar-refractivity contribution is 8.00. The predicted molar refractivity (Wildman–Crippen MR) is 243 cm³/mol. The summed E-state index contributed by atoms with van der Waals surface area (Å²) < 4.78 is 0. The highest BCUT2D eigenvalue weighted by atomic mass is 32.2. The number of unbranched alkanes of at least 4 members (excludes halogenated alkanes) is 1. The SMILES string of the molecule is CC(=O)NCCCC[C@@H]1NC(=O)CSC[C@@H](C(N)=O)NC(=O)[C@H](Cc2ccccc2)NC(=O)CNC(=O)[C@H](CC(=O)O)NC(=O)CNC(=O)[C@H](CCCN=C(N)N)NC(=O)[C@H](CS)NC1=O. The number of thioether (sulfide) groups is 1. The molecule has 2 rings (SSSR count). The number of hydrogen-bond donors (Lipinski definition) is 14. The maximum Gasteiger partial charge on any atom is 0.305 e. The molecule has 6 atom stereocenters. The van der Waals surface area contributed by atoms with E-state index in [1.165, 1.54) is 6.92 Å². The number of hydrogen-bond acceptors (Lipinski definition) is 14. The fourth-order valence-electron chi connectivity index (χ4n) is 6.01. The molecule has 10 amide bonds. The van der Waals surface area contributed by atoms with E-state index in [-0.39, 0.29) is 67.9 Å². The van der Waals surface area contributed by atoms with Gasteiger partial charge in [-0.05, 0) is 37.7 Å². The number of carbonyl (C=O) groups excluding carboxylic acids is 10. The van der Waals surface area contributed by atoms with E-state index in [2.05, 4.69) is 65.5 Å². The van der Waals surface area contributed by atoms with Crippen molar-refractivity contribution in [1.82, 2.24) is 47.9 Å². The van der Waals surface area contributed by atoms with Crippen molar-refractivity contribution < 1.29 is 57.8 Å². The van der Waals surface area contributed by atoms with Crippen LogP contribution in [-0.2, 0) is 59.2 Å². The Kier molecular flexibility index (Phi) is 25.0. The van der Waals surface area contributed by atoms with Gasteiger partial charge in [0.15, 0.2) is 5.96 Å². The number of carbonyl (C=O) groups is 11. The molecule has 16 N–H and O–H groups in total. The normalized spacial score (nSPS) is 22.5. The third-order valence-electron chi connectivity index (χ3n) is 9.33. The third kappa shape index (κ3) is 22.3. The smallest absolute Gasteiger partial charge is 0.305 e. The molecule has 1 aliphatic rings. The number of nitrogens with zero attached hydrogens (tertiary/aromatic N) is 1. The molecule has 0 aromatic heterocycles. The van der Waals surface area contributed by atoms with E-state index in [1.54, 1.807) is 30.3 Å². The number of benzene rings is 1. The third-order valence-corrected chi connectivity index (χ3v) is 10.7. The Morgan fingerprint density at radius 3 is 1.85 bits per heavy atom. The van der Waals surface area contributed by atoms with Crippen LogP contribution in [0.1, 0.15) is 51.0 Å². The summed E-state index contributed by atoms with van der Waals surface area (Å²) in [6.07, 6.45) is -0.218. The first-order chi connectivity index (χ1) is 31.3. The van der Waals surface area contributed by atoms with Crippen LogP contribution in [0.2, 0.25) is 0 Å². The summed E-state index contributed by atoms with van der Waals surface area (Å²) >= 11 is 5.08. The maximum absolute atomic E-state index is 13.7. The van der Waals surface area contributed by atoms with Gasteiger partial charge in [-0.25, -0.2) is 0 Å². The van der Waals surface area contributed by atoms with Crippen molar-refractivity contribution in [3.63, 3.8) is 0 Å². The van der Waals surface area contributed by atoms with Crippen LogP contribution in [0, 0.1) is 0 Å². The average Bonchev–Trinajstić information content (AvgIpc) is 3.25. The molecular formula is C39H59N13O12S2. The highest BCUT2D eigenvalue weighted by Gasteiger charge is 2.31. The van der Waals surface area contributed by atoms with Gasteiger partial charge in [0, 0.05) is 37.9 Å². The van der Waals surface area contributed by atoms with E-state index in [4.69, 9.17) is 17.2 Å². The Morgan fingerprint density at radius 1 is 0.712 bits per heavy atom. The number of amides is 10. The van der Waals surface area contributed by atoms with Crippen LogP contribution in [0.4, 0.5) is 0 Å². The lowest BCUT2D eigenvalue weighted by atomic mass is 10.0. The molecule has 1 aromatic rings. The number of thiol groups is 1. The van der Waals surface area contributed by atoms with Gasteiger partial charge in [-0.3, -0.25) is 57.7 Å². The van der Waals surface area contributed by atoms with Crippen LogP contribution in [-0.4, -0.2) is 156 Å². The number of primary amides is 1. The number of aliphatic imine (C=N–C) groups is 1. The second kappa shape index (κ2) is 29.7. The first-order valence-electron chi connectivity index (χ1n) is 20.7. The van der Waals surface area contributed by atoms with Crippen molar-refractivity contribution in [2.45, 2.75) is 88.1 Å². The summed E-state index contributed by atoms with van der Waals surface area (Å²) in [5, 5.41) is 31.3. The number of rotatable bonds is 15. The molecule has 364 valence electrons. The summed E-state index contributed by atoms with van der Waals surface area (Å²) in [6.45, 7) is 0.0242. The number of carboxylic acids is 1. The van der Waals surface area contributed by atoms with Crippen LogP contribution in [0.15, 0.2) is 35.3 Å². The van der Waals surface area contributed by atoms with Gasteiger partial charge >= 0.3 is 5.97 Å². The number of nitrogens with two attached hydrogens (primary N) is 3. The molecule has 25 nitrogen and oxygen atoms in total. The largest absolute Gasteiger partial charge is 0.481 e. The van der Waals surface area contributed by atoms with Crippen LogP contribution in [0.3, 0.4) is 0 Å². The molecule has 1 fully saturated rings. The van der Waals surface area contributed by atoms with Crippen molar-refractivity contribution in [2.24, 2.45) is 22.2 Å². The van der Waals surface area contributed by atoms with Gasteiger partial charge in [0.1, 0.15) is 36.3 Å². The number of guanidine groups is 1. The summed E-state index contributed by atoms with van der Waals surface area (Å²) in [4.78, 5) is 146. The Hall–Kier alpha value is -6.64. The van der Waals surface area contributed by atoms with E-state index in [0.717, 1.165) is 11.8 Å². The standard InChI is InChI=1S/C39H59N13O12S2/c1-21(53)43-12-6-5-10-24-36(62)51-27(18-65)38(64)50-23(11-7-13-44-39(41)42)34(60)45-16-30(55)49-26(15-32(57)58)35(61)46-17-29(54)48-25(14-22-8-3-2-4-9-22)37(63)52-28(33(40)59)19-66-20-31(56)47-24/h2-4,8-9,23-28,65H,5-7,10-20H2,1H3,(H2,40,59)(H,43,53)(H,45,60)(H,46,61)(H,47,56)(H,48,54)(H,49,55)(H,50,64)(H,51,62)(H,52,63)(H,57,58)(H4,41,42,44)/t23-,24-,25-,26-,27-,28-/m0/s1. The lowest BCUT2D eigenvalue weighted by Crippen LogP contribution is -2.58. The number of carboxylic acid groups (broad SMARTS) is 1. The van der Waals surface area contributed by atoms with Gasteiger partial charge in [-0.15, -0.1) is 11.8 Å². The van der Waals surface area contributed by atoms with Crippen molar-refractivity contribution in [2.75, 3.05) is 43.4 Å². The quantitative estimate of drug-likeness (QED) is 0.0337. The monoisotopic (exact) mass is 965 g/mol. The molecule has 1 aliphatic heterocycles. The van der Waals surface area contributed by atoms with Gasteiger partial charge in [-0.2, -0.15) is 12.6 Å². The van der Waals surface area contributed by atoms with Crippen molar-refractivity contribution in [1.29, 1.82) is 0 Å². The lowest BCUT2D eigenvalue weighted by Gasteiger charge is -2.25. The second-order valence-electron chi connectivity index (χ2n) is 14.8. The zero-order valence-electron chi connectivity index (χ0n) is 36.2. The zero-order valence-corrected chi connectivity index (χ0v) is 37.9. The topological polar surface area (TPSA) is 407 Å². The minimum absolute atomic E-state index is 0.0322. The molecule has 1 aromatic carbocycles. The highest BCUT2D eigenvalue weighted by Crippen LogP contribution is 2.09. The van der Waals surface area contributed by atoms with Crippen molar-refractivity contribution in [3.8, 4) is 0 Å². The Morgan fingerprint density at radius 2 is 1.26 bits per heavy atom. The molecular weight excluding hydrogens is 907 g/mol. The molecule has 0 saturated carbocycles. The van der Waals surface area contributed by atoms with E-state index in [9.17, 15) is 57.8 Å². The Bertz CT molecular complexity index is 1920.